The van der Waals surface area contributed by atoms with E-state index in [0.717, 1.165) is 18.5 Å². The van der Waals surface area contributed by atoms with Crippen LogP contribution in [0.1, 0.15) is 23.6 Å². The summed E-state index contributed by atoms with van der Waals surface area (Å²) in [5, 5.41) is 3.25. The Labute approximate surface area is 134 Å². The average molecular weight is 323 g/mol. The molecule has 0 saturated heterocycles. The second-order valence-corrected chi connectivity index (χ2v) is 5.51. The van der Waals surface area contributed by atoms with Crippen LogP contribution in [0.5, 0.6) is 0 Å². The van der Waals surface area contributed by atoms with E-state index >= 15 is 0 Å². The van der Waals surface area contributed by atoms with Crippen molar-refractivity contribution in [2.45, 2.75) is 18.9 Å². The number of halogens is 1. The molecule has 1 atom stereocenters. The van der Waals surface area contributed by atoms with Gasteiger partial charge < -0.3 is 10.2 Å². The van der Waals surface area contributed by atoms with Crippen LogP contribution >= 0.6 is 12.4 Å². The third-order valence-electron chi connectivity index (χ3n) is 3.81. The summed E-state index contributed by atoms with van der Waals surface area (Å²) < 4.78 is 0. The molecule has 22 heavy (non-hydrogen) atoms. The highest BCUT2D eigenvalue weighted by molar-refractivity contribution is 5.85. The fourth-order valence-corrected chi connectivity index (χ4v) is 2.75. The summed E-state index contributed by atoms with van der Waals surface area (Å²) in [6.45, 7) is 0. The van der Waals surface area contributed by atoms with E-state index in [-0.39, 0.29) is 18.4 Å². The molecule has 1 aliphatic rings. The van der Waals surface area contributed by atoms with Crippen LogP contribution in [0, 0.1) is 0 Å². The van der Waals surface area contributed by atoms with E-state index in [4.69, 9.17) is 0 Å². The van der Waals surface area contributed by atoms with Gasteiger partial charge in [0.1, 0.15) is 5.82 Å². The fourth-order valence-electron chi connectivity index (χ4n) is 2.75. The molecule has 1 heterocycles. The summed E-state index contributed by atoms with van der Waals surface area (Å²) in [4.78, 5) is 29.5. The monoisotopic (exact) mass is 322 g/mol. The molecule has 0 saturated carbocycles. The first-order chi connectivity index (χ1) is 10.0. The molecule has 1 aromatic carbocycles. The standard InChI is InChI=1S/C15H18N4O2.ClH/c1-19(2)10-5-3-9-4-6-12(11(9)7-10)16-13-8-14(20)18-15(21)17-13;/h3,5,7-8,12H,4,6H2,1-2H3,(H3,16,17,18,20,21);1H. The molecule has 0 spiro atoms. The minimum atomic E-state index is -0.495. The largest absolute Gasteiger partial charge is 0.378 e. The SMILES string of the molecule is CN(C)c1ccc2c(c1)C(Nc1cc(=O)[nH]c(=O)[nH]1)CC2.Cl. The Bertz CT molecular complexity index is 753. The molecule has 118 valence electrons. The van der Waals surface area contributed by atoms with Gasteiger partial charge >= 0.3 is 5.69 Å². The molecule has 0 bridgehead atoms. The Balaban J connectivity index is 0.00000176. The first-order valence-corrected chi connectivity index (χ1v) is 6.93. The highest BCUT2D eigenvalue weighted by Gasteiger charge is 2.23. The molecule has 0 fully saturated rings. The maximum atomic E-state index is 11.4. The maximum absolute atomic E-state index is 11.4. The minimum absolute atomic E-state index is 0. The van der Waals surface area contributed by atoms with Crippen LogP contribution in [0.25, 0.3) is 0 Å². The van der Waals surface area contributed by atoms with Crippen molar-refractivity contribution in [3.63, 3.8) is 0 Å². The van der Waals surface area contributed by atoms with Crippen LogP contribution in [-0.4, -0.2) is 24.1 Å². The zero-order valence-electron chi connectivity index (χ0n) is 12.5. The van der Waals surface area contributed by atoms with Crippen molar-refractivity contribution >= 4 is 23.9 Å². The molecule has 6 nitrogen and oxygen atoms in total. The minimum Gasteiger partial charge on any atom is -0.378 e. The fraction of sp³-hybridized carbons (Fsp3) is 0.333. The van der Waals surface area contributed by atoms with Crippen molar-refractivity contribution in [3.05, 3.63) is 56.2 Å². The molecule has 3 N–H and O–H groups in total. The summed E-state index contributed by atoms with van der Waals surface area (Å²) in [6.07, 6.45) is 1.94. The number of rotatable bonds is 3. The molecular formula is C15H19ClN4O2. The van der Waals surface area contributed by atoms with Gasteiger partial charge in [-0.15, -0.1) is 12.4 Å². The van der Waals surface area contributed by atoms with Gasteiger partial charge in [-0.05, 0) is 36.1 Å². The van der Waals surface area contributed by atoms with E-state index in [2.05, 4.69) is 38.4 Å². The van der Waals surface area contributed by atoms with Crippen molar-refractivity contribution in [3.8, 4) is 0 Å². The number of aryl methyl sites for hydroxylation is 1. The van der Waals surface area contributed by atoms with Gasteiger partial charge in [-0.3, -0.25) is 14.8 Å². The van der Waals surface area contributed by atoms with Crippen molar-refractivity contribution < 1.29 is 0 Å². The molecule has 0 radical (unpaired) electrons. The molecule has 3 rings (SSSR count). The zero-order valence-corrected chi connectivity index (χ0v) is 13.3. The number of aromatic nitrogens is 2. The van der Waals surface area contributed by atoms with Gasteiger partial charge in [0.15, 0.2) is 0 Å². The number of hydrogen-bond donors (Lipinski definition) is 3. The number of anilines is 2. The second kappa shape index (κ2) is 6.27. The van der Waals surface area contributed by atoms with E-state index in [1.165, 1.54) is 17.2 Å². The maximum Gasteiger partial charge on any atom is 0.327 e. The van der Waals surface area contributed by atoms with Gasteiger partial charge in [0.2, 0.25) is 0 Å². The Morgan fingerprint density at radius 1 is 1.18 bits per heavy atom. The van der Waals surface area contributed by atoms with Crippen LogP contribution in [-0.2, 0) is 6.42 Å². The number of benzene rings is 1. The first kappa shape index (κ1) is 16.2. The van der Waals surface area contributed by atoms with Crippen molar-refractivity contribution in [1.29, 1.82) is 0 Å². The van der Waals surface area contributed by atoms with Gasteiger partial charge in [0.05, 0.1) is 6.04 Å². The Morgan fingerprint density at radius 2 is 1.95 bits per heavy atom. The molecule has 1 aliphatic carbocycles. The smallest absolute Gasteiger partial charge is 0.327 e. The topological polar surface area (TPSA) is 81.0 Å². The van der Waals surface area contributed by atoms with Gasteiger partial charge in [-0.2, -0.15) is 0 Å². The van der Waals surface area contributed by atoms with Crippen LogP contribution in [0.2, 0.25) is 0 Å². The molecular weight excluding hydrogens is 304 g/mol. The predicted molar refractivity (Wildman–Crippen MR) is 90.4 cm³/mol. The predicted octanol–water partition coefficient (Wildman–Crippen LogP) is 1.65. The quantitative estimate of drug-likeness (QED) is 0.802. The van der Waals surface area contributed by atoms with E-state index < -0.39 is 11.2 Å². The van der Waals surface area contributed by atoms with Gasteiger partial charge in [-0.1, -0.05) is 6.07 Å². The van der Waals surface area contributed by atoms with Crippen LogP contribution in [0.15, 0.2) is 33.9 Å². The van der Waals surface area contributed by atoms with Gasteiger partial charge in [0.25, 0.3) is 5.56 Å². The lowest BCUT2D eigenvalue weighted by Gasteiger charge is -2.18. The van der Waals surface area contributed by atoms with E-state index in [9.17, 15) is 9.59 Å². The lowest BCUT2D eigenvalue weighted by Crippen LogP contribution is -2.23. The lowest BCUT2D eigenvalue weighted by molar-refractivity contribution is 0.754. The van der Waals surface area contributed by atoms with Crippen LogP contribution in [0.3, 0.4) is 0 Å². The van der Waals surface area contributed by atoms with Crippen LogP contribution in [0.4, 0.5) is 11.5 Å². The normalized spacial score (nSPS) is 15.8. The Kier molecular flexibility index (Phi) is 4.61. The van der Waals surface area contributed by atoms with E-state index in [1.54, 1.807) is 0 Å². The molecule has 1 unspecified atom stereocenters. The lowest BCUT2D eigenvalue weighted by atomic mass is 10.1. The third-order valence-corrected chi connectivity index (χ3v) is 3.81. The number of nitrogens with one attached hydrogen (secondary N) is 3. The number of hydrogen-bond acceptors (Lipinski definition) is 4. The summed E-state index contributed by atoms with van der Waals surface area (Å²) in [6, 6.07) is 7.89. The summed E-state index contributed by atoms with van der Waals surface area (Å²) >= 11 is 0. The van der Waals surface area contributed by atoms with E-state index in [0.29, 0.717) is 5.82 Å². The summed E-state index contributed by atoms with van der Waals surface area (Å²) in [7, 11) is 4.01. The summed E-state index contributed by atoms with van der Waals surface area (Å²) in [5.74, 6) is 0.455. The average Bonchev–Trinajstić information content (AvgIpc) is 2.80. The molecule has 7 heteroatoms. The number of nitrogens with zero attached hydrogens (tertiary/aromatic N) is 1. The van der Waals surface area contributed by atoms with Crippen molar-refractivity contribution in [2.24, 2.45) is 0 Å². The zero-order chi connectivity index (χ0) is 15.0. The van der Waals surface area contributed by atoms with Crippen molar-refractivity contribution in [2.75, 3.05) is 24.3 Å². The van der Waals surface area contributed by atoms with Gasteiger partial charge in [0, 0.05) is 25.8 Å². The summed E-state index contributed by atoms with van der Waals surface area (Å²) in [5.41, 5.74) is 2.78. The molecule has 0 amide bonds. The number of fused-ring (bicyclic) bond motifs is 1. The molecule has 1 aromatic heterocycles. The van der Waals surface area contributed by atoms with Crippen LogP contribution < -0.4 is 21.5 Å². The highest BCUT2D eigenvalue weighted by Crippen LogP contribution is 2.35. The third kappa shape index (κ3) is 3.17. The van der Waals surface area contributed by atoms with Gasteiger partial charge in [-0.25, -0.2) is 4.79 Å². The van der Waals surface area contributed by atoms with Crippen molar-refractivity contribution in [1.82, 2.24) is 9.97 Å². The first-order valence-electron chi connectivity index (χ1n) is 6.93. The number of H-pyrrole nitrogens is 2. The van der Waals surface area contributed by atoms with E-state index in [1.807, 2.05) is 14.1 Å². The Hall–Kier alpha value is -2.21. The molecule has 0 aliphatic heterocycles. The molecule has 2 aromatic rings. The second-order valence-electron chi connectivity index (χ2n) is 5.51. The number of aromatic amines is 2. The Morgan fingerprint density at radius 3 is 2.64 bits per heavy atom. The highest BCUT2D eigenvalue weighted by atomic mass is 35.5.